The summed E-state index contributed by atoms with van der Waals surface area (Å²) in [6, 6.07) is 25.2. The third-order valence-corrected chi connectivity index (χ3v) is 4.48. The maximum atomic E-state index is 11.4. The Balaban J connectivity index is 1.99. The SMILES string of the molecule is O=[N+]([O-])CC(c1ccccc1)c1c(-c2ccccc2)nc2ccccn12. The molecule has 0 N–H and O–H groups in total. The zero-order valence-electron chi connectivity index (χ0n) is 14.0. The molecule has 0 amide bonds. The van der Waals surface area contributed by atoms with Crippen molar-refractivity contribution in [2.75, 3.05) is 6.54 Å². The van der Waals surface area contributed by atoms with Gasteiger partial charge in [0.1, 0.15) is 5.65 Å². The van der Waals surface area contributed by atoms with Crippen LogP contribution in [-0.4, -0.2) is 20.9 Å². The van der Waals surface area contributed by atoms with Gasteiger partial charge in [-0.05, 0) is 17.7 Å². The van der Waals surface area contributed by atoms with E-state index in [4.69, 9.17) is 4.98 Å². The van der Waals surface area contributed by atoms with Crippen LogP contribution in [-0.2, 0) is 0 Å². The second-order valence-corrected chi connectivity index (χ2v) is 6.12. The van der Waals surface area contributed by atoms with E-state index in [1.165, 1.54) is 0 Å². The second kappa shape index (κ2) is 6.80. The summed E-state index contributed by atoms with van der Waals surface area (Å²) < 4.78 is 1.96. The minimum absolute atomic E-state index is 0.188. The maximum absolute atomic E-state index is 11.4. The number of hydrogen-bond acceptors (Lipinski definition) is 3. The van der Waals surface area contributed by atoms with Gasteiger partial charge in [-0.3, -0.25) is 10.1 Å². The van der Waals surface area contributed by atoms with Crippen LogP contribution in [0.15, 0.2) is 85.1 Å². The summed E-state index contributed by atoms with van der Waals surface area (Å²) in [4.78, 5) is 16.0. The van der Waals surface area contributed by atoms with Gasteiger partial charge in [0.05, 0.1) is 17.3 Å². The minimum atomic E-state index is -0.390. The summed E-state index contributed by atoms with van der Waals surface area (Å²) in [7, 11) is 0. The lowest BCUT2D eigenvalue weighted by molar-refractivity contribution is -0.482. The molecule has 0 aliphatic rings. The van der Waals surface area contributed by atoms with E-state index in [0.29, 0.717) is 0 Å². The van der Waals surface area contributed by atoms with Crippen molar-refractivity contribution in [2.24, 2.45) is 0 Å². The molecule has 0 radical (unpaired) electrons. The van der Waals surface area contributed by atoms with Gasteiger partial charge < -0.3 is 4.40 Å². The van der Waals surface area contributed by atoms with Crippen LogP contribution < -0.4 is 0 Å². The zero-order chi connectivity index (χ0) is 17.9. The molecule has 26 heavy (non-hydrogen) atoms. The van der Waals surface area contributed by atoms with E-state index in [9.17, 15) is 10.1 Å². The second-order valence-electron chi connectivity index (χ2n) is 6.12. The van der Waals surface area contributed by atoms with E-state index in [1.54, 1.807) is 0 Å². The van der Waals surface area contributed by atoms with Crippen LogP contribution in [0.4, 0.5) is 0 Å². The molecule has 0 saturated carbocycles. The molecule has 0 bridgehead atoms. The van der Waals surface area contributed by atoms with Crippen LogP contribution >= 0.6 is 0 Å². The number of nitrogens with zero attached hydrogens (tertiary/aromatic N) is 3. The molecule has 4 aromatic rings. The predicted molar refractivity (Wildman–Crippen MR) is 101 cm³/mol. The summed E-state index contributed by atoms with van der Waals surface area (Å²) in [6.07, 6.45) is 1.92. The van der Waals surface area contributed by atoms with Crippen LogP contribution in [0.3, 0.4) is 0 Å². The molecule has 4 rings (SSSR count). The number of aromatic nitrogens is 2. The highest BCUT2D eigenvalue weighted by Crippen LogP contribution is 2.34. The quantitative estimate of drug-likeness (QED) is 0.398. The Bertz CT molecular complexity index is 1040. The van der Waals surface area contributed by atoms with E-state index >= 15 is 0 Å². The summed E-state index contributed by atoms with van der Waals surface area (Å²) in [6.45, 7) is -0.188. The van der Waals surface area contributed by atoms with Crippen LogP contribution in [0, 0.1) is 10.1 Å². The Kier molecular flexibility index (Phi) is 4.19. The average Bonchev–Trinajstić information content (AvgIpc) is 3.07. The van der Waals surface area contributed by atoms with Crippen molar-refractivity contribution in [3.63, 3.8) is 0 Å². The molecule has 5 nitrogen and oxygen atoms in total. The molecule has 0 fully saturated rings. The van der Waals surface area contributed by atoms with Gasteiger partial charge in [-0.25, -0.2) is 4.98 Å². The summed E-state index contributed by atoms with van der Waals surface area (Å²) in [5.41, 5.74) is 4.27. The van der Waals surface area contributed by atoms with E-state index in [0.717, 1.165) is 28.2 Å². The minimum Gasteiger partial charge on any atom is -0.303 e. The lowest BCUT2D eigenvalue weighted by Crippen LogP contribution is -2.16. The zero-order valence-corrected chi connectivity index (χ0v) is 14.0. The van der Waals surface area contributed by atoms with Crippen LogP contribution in [0.1, 0.15) is 17.2 Å². The Morgan fingerprint density at radius 2 is 1.58 bits per heavy atom. The fraction of sp³-hybridized carbons (Fsp3) is 0.0952. The Morgan fingerprint density at radius 3 is 2.27 bits per heavy atom. The molecule has 0 aliphatic carbocycles. The van der Waals surface area contributed by atoms with Crippen LogP contribution in [0.5, 0.6) is 0 Å². The van der Waals surface area contributed by atoms with Crippen LogP contribution in [0.25, 0.3) is 16.9 Å². The monoisotopic (exact) mass is 343 g/mol. The molecule has 0 spiro atoms. The summed E-state index contributed by atoms with van der Waals surface area (Å²) in [5, 5.41) is 11.4. The van der Waals surface area contributed by atoms with Gasteiger partial charge >= 0.3 is 0 Å². The fourth-order valence-electron chi connectivity index (χ4n) is 3.34. The number of hydrogen-bond donors (Lipinski definition) is 0. The number of benzene rings is 2. The van der Waals surface area contributed by atoms with E-state index in [1.807, 2.05) is 89.5 Å². The van der Waals surface area contributed by atoms with Gasteiger partial charge in [0.25, 0.3) is 0 Å². The molecule has 5 heteroatoms. The highest BCUT2D eigenvalue weighted by Gasteiger charge is 2.28. The molecule has 1 unspecified atom stereocenters. The first-order valence-electron chi connectivity index (χ1n) is 8.43. The third kappa shape index (κ3) is 2.95. The van der Waals surface area contributed by atoms with Gasteiger partial charge in [0.15, 0.2) is 0 Å². The number of rotatable bonds is 5. The Hall–Kier alpha value is -3.47. The number of nitro groups is 1. The Labute approximate surface area is 150 Å². The lowest BCUT2D eigenvalue weighted by atomic mass is 9.92. The fourth-order valence-corrected chi connectivity index (χ4v) is 3.34. The molecular formula is C21H17N3O2. The van der Waals surface area contributed by atoms with Crippen molar-refractivity contribution in [1.82, 2.24) is 9.38 Å². The van der Waals surface area contributed by atoms with Crippen LogP contribution in [0.2, 0.25) is 0 Å². The Morgan fingerprint density at radius 1 is 0.923 bits per heavy atom. The normalized spacial score (nSPS) is 12.2. The smallest absolute Gasteiger partial charge is 0.216 e. The van der Waals surface area contributed by atoms with Crippen molar-refractivity contribution in [3.8, 4) is 11.3 Å². The standard InChI is InChI=1S/C21H17N3O2/c25-24(26)15-18(16-9-3-1-4-10-16)21-20(17-11-5-2-6-12-17)22-19-13-7-8-14-23(19)21/h1-14,18H,15H2. The number of pyridine rings is 1. The maximum Gasteiger partial charge on any atom is 0.216 e. The number of imidazole rings is 1. The van der Waals surface area contributed by atoms with E-state index in [2.05, 4.69) is 0 Å². The van der Waals surface area contributed by atoms with Crippen molar-refractivity contribution >= 4 is 5.65 Å². The predicted octanol–water partition coefficient (Wildman–Crippen LogP) is 4.41. The van der Waals surface area contributed by atoms with Crippen molar-refractivity contribution in [2.45, 2.75) is 5.92 Å². The lowest BCUT2D eigenvalue weighted by Gasteiger charge is -2.15. The van der Waals surface area contributed by atoms with Gasteiger partial charge in [-0.1, -0.05) is 66.7 Å². The third-order valence-electron chi connectivity index (χ3n) is 4.48. The number of fused-ring (bicyclic) bond motifs is 1. The molecule has 128 valence electrons. The molecule has 2 heterocycles. The average molecular weight is 343 g/mol. The van der Waals surface area contributed by atoms with Gasteiger partial charge in [0.2, 0.25) is 6.54 Å². The first kappa shape index (κ1) is 16.0. The van der Waals surface area contributed by atoms with Gasteiger partial charge in [-0.15, -0.1) is 0 Å². The highest BCUT2D eigenvalue weighted by atomic mass is 16.6. The topological polar surface area (TPSA) is 60.4 Å². The first-order chi connectivity index (χ1) is 12.7. The van der Waals surface area contributed by atoms with Crippen molar-refractivity contribution in [3.05, 3.63) is 106 Å². The molecular weight excluding hydrogens is 326 g/mol. The summed E-state index contributed by atoms with van der Waals surface area (Å²) >= 11 is 0. The molecule has 1 atom stereocenters. The van der Waals surface area contributed by atoms with Crippen molar-refractivity contribution in [1.29, 1.82) is 0 Å². The van der Waals surface area contributed by atoms with Gasteiger partial charge in [0, 0.05) is 16.7 Å². The van der Waals surface area contributed by atoms with E-state index < -0.39 is 0 Å². The van der Waals surface area contributed by atoms with Gasteiger partial charge in [-0.2, -0.15) is 0 Å². The first-order valence-corrected chi connectivity index (χ1v) is 8.43. The molecule has 2 aromatic heterocycles. The van der Waals surface area contributed by atoms with Crippen molar-refractivity contribution < 1.29 is 4.92 Å². The molecule has 0 aliphatic heterocycles. The largest absolute Gasteiger partial charge is 0.303 e. The van der Waals surface area contributed by atoms with E-state index in [-0.39, 0.29) is 17.4 Å². The summed E-state index contributed by atoms with van der Waals surface area (Å²) in [5.74, 6) is -0.390. The molecule has 2 aromatic carbocycles. The highest BCUT2D eigenvalue weighted by molar-refractivity contribution is 5.68. The molecule has 0 saturated heterocycles.